The fourth-order valence-corrected chi connectivity index (χ4v) is 4.85. The van der Waals surface area contributed by atoms with Gasteiger partial charge >= 0.3 is 0 Å². The fraction of sp³-hybridized carbons (Fsp3) is 0.167. The third kappa shape index (κ3) is 4.93. The average Bonchev–Trinajstić information content (AvgIpc) is 3.60. The molecule has 2 aromatic carbocycles. The maximum atomic E-state index is 13.5. The second kappa shape index (κ2) is 9.85. The van der Waals surface area contributed by atoms with Crippen LogP contribution in [-0.2, 0) is 6.42 Å². The summed E-state index contributed by atoms with van der Waals surface area (Å²) >= 11 is 0. The zero-order valence-corrected chi connectivity index (χ0v) is 20.4. The highest BCUT2D eigenvalue weighted by atomic mass is 19.1. The van der Waals surface area contributed by atoms with Gasteiger partial charge in [0.05, 0.1) is 35.0 Å². The average molecular weight is 491 g/mol. The predicted octanol–water partition coefficient (Wildman–Crippen LogP) is 6.43. The van der Waals surface area contributed by atoms with E-state index < -0.39 is 0 Å². The number of anilines is 2. The van der Waals surface area contributed by atoms with Crippen molar-refractivity contribution in [2.45, 2.75) is 19.3 Å². The Morgan fingerprint density at radius 1 is 0.973 bits per heavy atom. The Hall–Kier alpha value is -4.52. The first-order chi connectivity index (χ1) is 18.1. The van der Waals surface area contributed by atoms with Crippen LogP contribution in [0.4, 0.5) is 15.8 Å². The van der Waals surface area contributed by atoms with Crippen LogP contribution >= 0.6 is 0 Å². The molecular weight excluding hydrogens is 463 g/mol. The van der Waals surface area contributed by atoms with Gasteiger partial charge in [0.1, 0.15) is 11.5 Å². The standard InChI is InChI=1S/C30H27FN6/c1-20(34-26-9-8-25(33-18-26)14-21-5-4-6-24(31)13-21)30-28-16-22(7-10-29(28)35-36-30)23-15-27(19-32-17-23)37-11-2-3-12-37/h4-10,13,15-19,34H,1-3,11-12,14H2,(H,35,36). The maximum absolute atomic E-state index is 13.5. The van der Waals surface area contributed by atoms with Crippen molar-refractivity contribution in [3.63, 3.8) is 0 Å². The number of H-pyrrole nitrogens is 1. The normalized spacial score (nSPS) is 13.3. The SMILES string of the molecule is C=C(Nc1ccc(Cc2cccc(F)c2)nc1)c1n[nH]c2ccc(-c3cncc(N4CCCC4)c3)cc12. The summed E-state index contributed by atoms with van der Waals surface area (Å²) in [5.74, 6) is -0.239. The Morgan fingerprint density at radius 2 is 1.86 bits per heavy atom. The van der Waals surface area contributed by atoms with Gasteiger partial charge in [-0.05, 0) is 66.4 Å². The van der Waals surface area contributed by atoms with Crippen LogP contribution < -0.4 is 10.2 Å². The number of halogens is 1. The number of nitrogens with one attached hydrogen (secondary N) is 2. The number of benzene rings is 2. The summed E-state index contributed by atoms with van der Waals surface area (Å²) in [7, 11) is 0. The topological polar surface area (TPSA) is 69.7 Å². The van der Waals surface area contributed by atoms with Crippen molar-refractivity contribution in [1.29, 1.82) is 0 Å². The van der Waals surface area contributed by atoms with E-state index in [0.29, 0.717) is 12.1 Å². The first kappa shape index (κ1) is 22.9. The lowest BCUT2D eigenvalue weighted by atomic mass is 10.0. The lowest BCUT2D eigenvalue weighted by molar-refractivity contribution is 0.626. The first-order valence-corrected chi connectivity index (χ1v) is 12.5. The molecule has 1 aliphatic rings. The van der Waals surface area contributed by atoms with Crippen molar-refractivity contribution in [2.24, 2.45) is 0 Å². The minimum atomic E-state index is -0.239. The third-order valence-corrected chi connectivity index (χ3v) is 6.77. The van der Waals surface area contributed by atoms with E-state index in [1.807, 2.05) is 36.7 Å². The van der Waals surface area contributed by atoms with Crippen LogP contribution in [0.25, 0.3) is 27.7 Å². The number of hydrogen-bond donors (Lipinski definition) is 2. The van der Waals surface area contributed by atoms with Crippen LogP contribution in [0.1, 0.15) is 29.8 Å². The van der Waals surface area contributed by atoms with Gasteiger partial charge < -0.3 is 10.2 Å². The Bertz CT molecular complexity index is 1570. The van der Waals surface area contributed by atoms with E-state index in [2.05, 4.69) is 55.2 Å². The molecule has 2 N–H and O–H groups in total. The second-order valence-electron chi connectivity index (χ2n) is 9.41. The molecule has 1 fully saturated rings. The monoisotopic (exact) mass is 490 g/mol. The molecule has 0 aliphatic carbocycles. The van der Waals surface area contributed by atoms with Crippen LogP contribution in [0.2, 0.25) is 0 Å². The Balaban J connectivity index is 1.20. The minimum Gasteiger partial charge on any atom is -0.370 e. The number of nitrogens with zero attached hydrogens (tertiary/aromatic N) is 4. The van der Waals surface area contributed by atoms with Crippen molar-refractivity contribution in [3.05, 3.63) is 109 Å². The van der Waals surface area contributed by atoms with E-state index in [9.17, 15) is 4.39 Å². The Kier molecular flexibility index (Phi) is 6.10. The van der Waals surface area contributed by atoms with Crippen LogP contribution in [-0.4, -0.2) is 33.3 Å². The van der Waals surface area contributed by atoms with E-state index in [-0.39, 0.29) is 5.82 Å². The number of rotatable bonds is 7. The summed E-state index contributed by atoms with van der Waals surface area (Å²) in [6.07, 6.45) is 8.64. The smallest absolute Gasteiger partial charge is 0.123 e. The van der Waals surface area contributed by atoms with E-state index in [1.54, 1.807) is 12.3 Å². The minimum absolute atomic E-state index is 0.239. The highest BCUT2D eigenvalue weighted by molar-refractivity contribution is 5.95. The summed E-state index contributed by atoms with van der Waals surface area (Å²) in [5.41, 5.74) is 8.25. The van der Waals surface area contributed by atoms with Crippen LogP contribution in [0.3, 0.4) is 0 Å². The molecule has 0 bridgehead atoms. The van der Waals surface area contributed by atoms with Crippen molar-refractivity contribution in [1.82, 2.24) is 20.2 Å². The van der Waals surface area contributed by atoms with Gasteiger partial charge in [-0.3, -0.25) is 15.1 Å². The molecular formula is C30H27FN6. The summed E-state index contributed by atoms with van der Waals surface area (Å²) in [6.45, 7) is 6.40. The molecule has 7 heteroatoms. The van der Waals surface area contributed by atoms with E-state index in [1.165, 1.54) is 30.7 Å². The lowest BCUT2D eigenvalue weighted by Crippen LogP contribution is -2.17. The molecule has 0 unspecified atom stereocenters. The van der Waals surface area contributed by atoms with Gasteiger partial charge in [-0.2, -0.15) is 5.10 Å². The quantitative estimate of drug-likeness (QED) is 0.275. The van der Waals surface area contributed by atoms with Gasteiger partial charge in [0, 0.05) is 42.4 Å². The maximum Gasteiger partial charge on any atom is 0.123 e. The molecule has 6 rings (SSSR count). The molecule has 1 aliphatic heterocycles. The molecule has 184 valence electrons. The molecule has 4 heterocycles. The number of fused-ring (bicyclic) bond motifs is 1. The number of pyridine rings is 2. The summed E-state index contributed by atoms with van der Waals surface area (Å²) in [6, 6.07) is 18.9. The molecule has 0 amide bonds. The zero-order chi connectivity index (χ0) is 25.2. The van der Waals surface area contributed by atoms with Gasteiger partial charge in [-0.25, -0.2) is 4.39 Å². The molecule has 3 aromatic heterocycles. The lowest BCUT2D eigenvalue weighted by Gasteiger charge is -2.17. The number of aromatic nitrogens is 4. The molecule has 37 heavy (non-hydrogen) atoms. The van der Waals surface area contributed by atoms with Crippen molar-refractivity contribution >= 4 is 28.0 Å². The summed E-state index contributed by atoms with van der Waals surface area (Å²) in [4.78, 5) is 11.4. The van der Waals surface area contributed by atoms with E-state index >= 15 is 0 Å². The predicted molar refractivity (Wildman–Crippen MR) is 147 cm³/mol. The largest absolute Gasteiger partial charge is 0.370 e. The fourth-order valence-electron chi connectivity index (χ4n) is 4.85. The van der Waals surface area contributed by atoms with Gasteiger partial charge in [0.15, 0.2) is 0 Å². The Labute approximate surface area is 214 Å². The highest BCUT2D eigenvalue weighted by Gasteiger charge is 2.15. The van der Waals surface area contributed by atoms with Crippen LogP contribution in [0.5, 0.6) is 0 Å². The van der Waals surface area contributed by atoms with Gasteiger partial charge in [0.25, 0.3) is 0 Å². The molecule has 5 aromatic rings. The summed E-state index contributed by atoms with van der Waals surface area (Å²) < 4.78 is 13.5. The molecule has 6 nitrogen and oxygen atoms in total. The van der Waals surface area contributed by atoms with E-state index in [0.717, 1.165) is 57.8 Å². The van der Waals surface area contributed by atoms with Gasteiger partial charge in [0.2, 0.25) is 0 Å². The molecule has 0 spiro atoms. The van der Waals surface area contributed by atoms with Crippen LogP contribution in [0, 0.1) is 5.82 Å². The molecule has 0 radical (unpaired) electrons. The zero-order valence-electron chi connectivity index (χ0n) is 20.4. The van der Waals surface area contributed by atoms with E-state index in [4.69, 9.17) is 0 Å². The number of aromatic amines is 1. The third-order valence-electron chi connectivity index (χ3n) is 6.77. The van der Waals surface area contributed by atoms with Crippen molar-refractivity contribution in [2.75, 3.05) is 23.3 Å². The molecule has 0 atom stereocenters. The van der Waals surface area contributed by atoms with Gasteiger partial charge in [-0.15, -0.1) is 0 Å². The van der Waals surface area contributed by atoms with Crippen molar-refractivity contribution < 1.29 is 4.39 Å². The molecule has 1 saturated heterocycles. The van der Waals surface area contributed by atoms with Gasteiger partial charge in [-0.1, -0.05) is 24.8 Å². The highest BCUT2D eigenvalue weighted by Crippen LogP contribution is 2.30. The second-order valence-corrected chi connectivity index (χ2v) is 9.41. The molecule has 0 saturated carbocycles. The van der Waals surface area contributed by atoms with Crippen molar-refractivity contribution in [3.8, 4) is 11.1 Å². The van der Waals surface area contributed by atoms with Crippen LogP contribution in [0.15, 0.2) is 85.8 Å². The first-order valence-electron chi connectivity index (χ1n) is 12.5. The number of hydrogen-bond acceptors (Lipinski definition) is 5. The Morgan fingerprint density at radius 3 is 2.68 bits per heavy atom. The summed E-state index contributed by atoms with van der Waals surface area (Å²) in [5, 5.41) is 11.9.